The molecule has 0 unspecified atom stereocenters. The van der Waals surface area contributed by atoms with Crippen LogP contribution in [0.1, 0.15) is 15.9 Å². The van der Waals surface area contributed by atoms with E-state index in [0.29, 0.717) is 22.2 Å². The summed E-state index contributed by atoms with van der Waals surface area (Å²) in [6.07, 6.45) is 6.14. The summed E-state index contributed by atoms with van der Waals surface area (Å²) in [5, 5.41) is 0.456. The van der Waals surface area contributed by atoms with E-state index < -0.39 is 21.8 Å². The van der Waals surface area contributed by atoms with Crippen molar-refractivity contribution in [1.29, 1.82) is 0 Å². The zero-order valence-electron chi connectivity index (χ0n) is 19.6. The number of aromatic amines is 1. The van der Waals surface area contributed by atoms with Gasteiger partial charge in [-0.1, -0.05) is 6.07 Å². The summed E-state index contributed by atoms with van der Waals surface area (Å²) < 4.78 is 53.4. The third-order valence-electron chi connectivity index (χ3n) is 5.42. The van der Waals surface area contributed by atoms with E-state index in [1.165, 1.54) is 45.7 Å². The van der Waals surface area contributed by atoms with Crippen molar-refractivity contribution in [1.82, 2.24) is 24.2 Å². The molecule has 0 radical (unpaired) electrons. The van der Waals surface area contributed by atoms with Crippen LogP contribution in [0.15, 0.2) is 49.1 Å². The van der Waals surface area contributed by atoms with Crippen molar-refractivity contribution in [3.63, 3.8) is 0 Å². The minimum absolute atomic E-state index is 0.0655. The smallest absolute Gasteiger partial charge is 0.316 e. The number of fused-ring (bicyclic) bond motifs is 1. The Morgan fingerprint density at radius 1 is 1.11 bits per heavy atom. The lowest BCUT2D eigenvalue weighted by molar-refractivity contribution is 0.103. The lowest BCUT2D eigenvalue weighted by Crippen LogP contribution is -2.35. The molecular formula is C23H23FN6O5S. The van der Waals surface area contributed by atoms with E-state index in [1.54, 1.807) is 24.7 Å². The SMILES string of the molecule is COCCN(C)S(=O)(=O)Nc1cccc(C(=O)c2c[nH]c3ncc(-c4cnc(OC)nc4)cc23)c1F. The molecule has 4 aromatic rings. The van der Waals surface area contributed by atoms with Gasteiger partial charge in [-0.05, 0) is 18.2 Å². The Hall–Kier alpha value is -3.94. The molecule has 4 rings (SSSR count). The van der Waals surface area contributed by atoms with E-state index in [0.717, 1.165) is 4.31 Å². The molecule has 0 aliphatic heterocycles. The number of nitrogens with one attached hydrogen (secondary N) is 2. The summed E-state index contributed by atoms with van der Waals surface area (Å²) in [5.41, 5.74) is 1.23. The Morgan fingerprint density at radius 2 is 1.83 bits per heavy atom. The summed E-state index contributed by atoms with van der Waals surface area (Å²) in [4.78, 5) is 28.7. The first kappa shape index (κ1) is 25.2. The summed E-state index contributed by atoms with van der Waals surface area (Å²) in [6.45, 7) is 0.230. The number of rotatable bonds is 10. The molecule has 11 nitrogen and oxygen atoms in total. The highest BCUT2D eigenvalue weighted by Gasteiger charge is 2.24. The quantitative estimate of drug-likeness (QED) is 0.308. The average Bonchev–Trinajstić information content (AvgIpc) is 3.31. The van der Waals surface area contributed by atoms with Gasteiger partial charge in [-0.3, -0.25) is 9.52 Å². The van der Waals surface area contributed by atoms with E-state index in [2.05, 4.69) is 24.7 Å². The average molecular weight is 515 g/mol. The lowest BCUT2D eigenvalue weighted by atomic mass is 10.0. The Morgan fingerprint density at radius 3 is 2.53 bits per heavy atom. The third kappa shape index (κ3) is 5.03. The van der Waals surface area contributed by atoms with Crippen LogP contribution in [-0.2, 0) is 14.9 Å². The first-order valence-corrected chi connectivity index (χ1v) is 12.1. The molecule has 188 valence electrons. The molecule has 1 aromatic carbocycles. The number of carbonyl (C=O) groups is 1. The van der Waals surface area contributed by atoms with Crippen molar-refractivity contribution in [2.75, 3.05) is 39.1 Å². The highest BCUT2D eigenvalue weighted by atomic mass is 32.2. The largest absolute Gasteiger partial charge is 0.467 e. The van der Waals surface area contributed by atoms with Gasteiger partial charge >= 0.3 is 16.2 Å². The lowest BCUT2D eigenvalue weighted by Gasteiger charge is -2.18. The Bertz CT molecular complexity index is 1510. The van der Waals surface area contributed by atoms with Crippen molar-refractivity contribution in [2.24, 2.45) is 0 Å². The van der Waals surface area contributed by atoms with Gasteiger partial charge in [0.1, 0.15) is 5.65 Å². The number of hydrogen-bond acceptors (Lipinski definition) is 8. The molecule has 0 spiro atoms. The molecule has 3 aromatic heterocycles. The fourth-order valence-electron chi connectivity index (χ4n) is 3.41. The summed E-state index contributed by atoms with van der Waals surface area (Å²) in [5.74, 6) is -1.63. The van der Waals surface area contributed by atoms with Gasteiger partial charge in [0.15, 0.2) is 11.6 Å². The second-order valence-corrected chi connectivity index (χ2v) is 9.48. The van der Waals surface area contributed by atoms with Crippen LogP contribution >= 0.6 is 0 Å². The maximum Gasteiger partial charge on any atom is 0.316 e. The molecule has 0 saturated heterocycles. The number of anilines is 1. The zero-order chi connectivity index (χ0) is 25.9. The predicted molar refractivity (Wildman–Crippen MR) is 131 cm³/mol. The topological polar surface area (TPSA) is 139 Å². The number of pyridine rings is 1. The second kappa shape index (κ2) is 10.4. The number of methoxy groups -OCH3 is 2. The van der Waals surface area contributed by atoms with Crippen LogP contribution in [0.5, 0.6) is 6.01 Å². The van der Waals surface area contributed by atoms with Gasteiger partial charge in [-0.2, -0.15) is 12.7 Å². The van der Waals surface area contributed by atoms with Gasteiger partial charge in [-0.15, -0.1) is 0 Å². The van der Waals surface area contributed by atoms with Crippen molar-refractivity contribution < 1.29 is 27.1 Å². The number of hydrogen-bond donors (Lipinski definition) is 2. The molecule has 0 saturated carbocycles. The normalized spacial score (nSPS) is 11.7. The molecular weight excluding hydrogens is 491 g/mol. The fourth-order valence-corrected chi connectivity index (χ4v) is 4.31. The highest BCUT2D eigenvalue weighted by Crippen LogP contribution is 2.28. The van der Waals surface area contributed by atoms with Crippen LogP contribution in [0.4, 0.5) is 10.1 Å². The van der Waals surface area contributed by atoms with E-state index in [-0.39, 0.29) is 36.0 Å². The molecule has 13 heteroatoms. The molecule has 36 heavy (non-hydrogen) atoms. The molecule has 0 bridgehead atoms. The van der Waals surface area contributed by atoms with Crippen LogP contribution in [0.3, 0.4) is 0 Å². The van der Waals surface area contributed by atoms with Gasteiger partial charge in [0.25, 0.3) is 0 Å². The Balaban J connectivity index is 1.66. The minimum atomic E-state index is -4.07. The maximum atomic E-state index is 15.3. The number of ether oxygens (including phenoxy) is 2. The zero-order valence-corrected chi connectivity index (χ0v) is 20.5. The first-order chi connectivity index (χ1) is 17.2. The number of halogens is 1. The van der Waals surface area contributed by atoms with Crippen molar-refractivity contribution in [2.45, 2.75) is 0 Å². The fraction of sp³-hybridized carbons (Fsp3) is 0.217. The van der Waals surface area contributed by atoms with Crippen LogP contribution in [-0.4, -0.2) is 72.9 Å². The maximum absolute atomic E-state index is 15.3. The Labute approximate surface area is 206 Å². The number of nitrogens with zero attached hydrogens (tertiary/aromatic N) is 4. The van der Waals surface area contributed by atoms with E-state index in [9.17, 15) is 13.2 Å². The molecule has 0 amide bonds. The predicted octanol–water partition coefficient (Wildman–Crippen LogP) is 2.63. The van der Waals surface area contributed by atoms with Crippen LogP contribution in [0.25, 0.3) is 22.2 Å². The Kier molecular flexibility index (Phi) is 7.24. The summed E-state index contributed by atoms with van der Waals surface area (Å²) in [6, 6.07) is 5.86. The van der Waals surface area contributed by atoms with Crippen LogP contribution in [0, 0.1) is 5.82 Å². The van der Waals surface area contributed by atoms with Crippen molar-refractivity contribution >= 4 is 32.7 Å². The summed E-state index contributed by atoms with van der Waals surface area (Å²) >= 11 is 0. The second-order valence-electron chi connectivity index (χ2n) is 7.70. The van der Waals surface area contributed by atoms with Crippen LogP contribution in [0.2, 0.25) is 0 Å². The number of benzene rings is 1. The first-order valence-electron chi connectivity index (χ1n) is 10.6. The third-order valence-corrected chi connectivity index (χ3v) is 6.90. The molecule has 0 fully saturated rings. The number of carbonyl (C=O) groups excluding carboxylic acids is 1. The number of ketones is 1. The highest BCUT2D eigenvalue weighted by molar-refractivity contribution is 7.90. The van der Waals surface area contributed by atoms with E-state index in [1.807, 2.05) is 0 Å². The monoisotopic (exact) mass is 514 g/mol. The van der Waals surface area contributed by atoms with Gasteiger partial charge in [0, 0.05) is 67.6 Å². The van der Waals surface area contributed by atoms with Gasteiger partial charge in [0.2, 0.25) is 0 Å². The van der Waals surface area contributed by atoms with Crippen molar-refractivity contribution in [3.05, 3.63) is 66.0 Å². The van der Waals surface area contributed by atoms with E-state index >= 15 is 4.39 Å². The van der Waals surface area contributed by atoms with Gasteiger partial charge in [-0.25, -0.2) is 19.3 Å². The number of likely N-dealkylation sites (N-methyl/N-ethyl adjacent to an activating group) is 1. The van der Waals surface area contributed by atoms with Crippen LogP contribution < -0.4 is 9.46 Å². The molecule has 0 atom stereocenters. The minimum Gasteiger partial charge on any atom is -0.467 e. The van der Waals surface area contributed by atoms with E-state index in [4.69, 9.17) is 9.47 Å². The number of aromatic nitrogens is 4. The molecule has 0 aliphatic carbocycles. The van der Waals surface area contributed by atoms with Crippen molar-refractivity contribution in [3.8, 4) is 17.1 Å². The number of H-pyrrole nitrogens is 1. The molecule has 2 N–H and O–H groups in total. The summed E-state index contributed by atoms with van der Waals surface area (Å²) in [7, 11) is 0.165. The molecule has 0 aliphatic rings. The standard InChI is InChI=1S/C23H23FN6O5S/c1-30(7-8-34-2)36(32,33)29-19-6-4-5-16(20(19)24)21(31)18-13-26-22-17(18)9-14(10-25-22)15-11-27-23(35-3)28-12-15/h4-6,9-13,29H,7-8H2,1-3H3,(H,25,26). The van der Waals surface area contributed by atoms with Gasteiger partial charge < -0.3 is 14.5 Å². The van der Waals surface area contributed by atoms with Gasteiger partial charge in [0.05, 0.1) is 25.0 Å². The molecule has 3 heterocycles.